The van der Waals surface area contributed by atoms with Gasteiger partial charge in [0.15, 0.2) is 17.3 Å². The molecule has 9 nitrogen and oxygen atoms in total. The molecule has 0 radical (unpaired) electrons. The number of carbonyl (C=O) groups is 1. The van der Waals surface area contributed by atoms with Crippen LogP contribution in [0.1, 0.15) is 5.56 Å². The van der Waals surface area contributed by atoms with Crippen LogP contribution in [0.15, 0.2) is 42.6 Å². The van der Waals surface area contributed by atoms with Crippen LogP contribution >= 0.6 is 11.6 Å². The van der Waals surface area contributed by atoms with E-state index in [0.29, 0.717) is 54.9 Å². The van der Waals surface area contributed by atoms with E-state index >= 15 is 0 Å². The van der Waals surface area contributed by atoms with E-state index in [0.717, 1.165) is 16.8 Å². The van der Waals surface area contributed by atoms with Crippen LogP contribution in [0.5, 0.6) is 0 Å². The summed E-state index contributed by atoms with van der Waals surface area (Å²) in [5.41, 5.74) is 9.02. The Balaban J connectivity index is 1.32. The number of H-pyrrole nitrogens is 2. The summed E-state index contributed by atoms with van der Waals surface area (Å²) in [6, 6.07) is 11.2. The third-order valence-electron chi connectivity index (χ3n) is 5.40. The number of halogens is 1. The van der Waals surface area contributed by atoms with Crippen molar-refractivity contribution < 1.29 is 4.79 Å². The molecular formula is C21H21ClN8O. The van der Waals surface area contributed by atoms with Gasteiger partial charge in [0.2, 0.25) is 11.9 Å². The maximum absolute atomic E-state index is 12.7. The largest absolute Gasteiger partial charge is 0.368 e. The fourth-order valence-corrected chi connectivity index (χ4v) is 3.92. The van der Waals surface area contributed by atoms with Gasteiger partial charge in [0, 0.05) is 37.4 Å². The highest BCUT2D eigenvalue weighted by Gasteiger charge is 2.25. The van der Waals surface area contributed by atoms with Crippen molar-refractivity contribution in [2.75, 3.05) is 36.8 Å². The minimum Gasteiger partial charge on any atom is -0.368 e. The molecule has 4 aromatic rings. The molecule has 4 heterocycles. The van der Waals surface area contributed by atoms with E-state index in [4.69, 9.17) is 17.3 Å². The van der Waals surface area contributed by atoms with Gasteiger partial charge < -0.3 is 25.5 Å². The summed E-state index contributed by atoms with van der Waals surface area (Å²) in [4.78, 5) is 36.4. The quantitative estimate of drug-likeness (QED) is 0.452. The molecule has 4 N–H and O–H groups in total. The summed E-state index contributed by atoms with van der Waals surface area (Å²) in [6.45, 7) is 2.51. The van der Waals surface area contributed by atoms with Gasteiger partial charge in [0.05, 0.1) is 12.1 Å². The van der Waals surface area contributed by atoms with Crippen molar-refractivity contribution in [3.05, 3.63) is 53.2 Å². The topological polar surface area (TPSA) is 120 Å². The fourth-order valence-electron chi connectivity index (χ4n) is 3.79. The van der Waals surface area contributed by atoms with Crippen molar-refractivity contribution in [1.82, 2.24) is 29.8 Å². The number of carbonyl (C=O) groups excluding carboxylic acids is 1. The number of amides is 1. The Kier molecular flexibility index (Phi) is 4.95. The number of nitrogens with zero attached hydrogens (tertiary/aromatic N) is 5. The zero-order chi connectivity index (χ0) is 21.4. The van der Waals surface area contributed by atoms with E-state index in [9.17, 15) is 4.79 Å². The Morgan fingerprint density at radius 2 is 1.84 bits per heavy atom. The molecule has 0 atom stereocenters. The summed E-state index contributed by atoms with van der Waals surface area (Å²) >= 11 is 5.93. The molecule has 158 valence electrons. The van der Waals surface area contributed by atoms with E-state index in [1.54, 1.807) is 12.1 Å². The molecule has 0 aliphatic carbocycles. The van der Waals surface area contributed by atoms with Gasteiger partial charge in [-0.3, -0.25) is 4.79 Å². The van der Waals surface area contributed by atoms with Crippen molar-refractivity contribution >= 4 is 40.4 Å². The van der Waals surface area contributed by atoms with Gasteiger partial charge in [-0.15, -0.1) is 0 Å². The zero-order valence-corrected chi connectivity index (χ0v) is 17.4. The monoisotopic (exact) mass is 436 g/mol. The highest BCUT2D eigenvalue weighted by molar-refractivity contribution is 6.30. The van der Waals surface area contributed by atoms with Crippen LogP contribution < -0.4 is 10.6 Å². The SMILES string of the molecule is Nc1nc(N2CCN(C(=O)Cc3ccc(Cl)cc3)CC2)c2[nH]c(-c3ccc[nH]3)nc2n1. The van der Waals surface area contributed by atoms with E-state index in [1.165, 1.54) is 0 Å². The molecule has 0 spiro atoms. The van der Waals surface area contributed by atoms with Gasteiger partial charge in [0.1, 0.15) is 5.52 Å². The minimum atomic E-state index is 0.102. The molecule has 5 rings (SSSR count). The smallest absolute Gasteiger partial charge is 0.227 e. The number of piperazine rings is 1. The summed E-state index contributed by atoms with van der Waals surface area (Å²) in [5.74, 6) is 1.66. The predicted molar refractivity (Wildman–Crippen MR) is 120 cm³/mol. The highest BCUT2D eigenvalue weighted by atomic mass is 35.5. The lowest BCUT2D eigenvalue weighted by molar-refractivity contribution is -0.130. The van der Waals surface area contributed by atoms with E-state index in [2.05, 4.69) is 29.8 Å². The molecule has 31 heavy (non-hydrogen) atoms. The first kappa shape index (κ1) is 19.4. The van der Waals surface area contributed by atoms with Crippen molar-refractivity contribution in [1.29, 1.82) is 0 Å². The van der Waals surface area contributed by atoms with Crippen molar-refractivity contribution in [3.8, 4) is 11.5 Å². The standard InChI is InChI=1S/C21H21ClN8O/c22-14-5-3-13(4-6-14)12-16(31)29-8-10-30(11-9-29)20-17-19(27-21(23)28-20)26-18(25-17)15-2-1-7-24-15/h1-7,24H,8-12H2,(H3,23,25,26,27,28). The third kappa shape index (κ3) is 3.91. The van der Waals surface area contributed by atoms with Gasteiger partial charge in [-0.25, -0.2) is 4.98 Å². The molecule has 1 aliphatic rings. The van der Waals surface area contributed by atoms with E-state index in [-0.39, 0.29) is 11.9 Å². The number of benzene rings is 1. The Morgan fingerprint density at radius 3 is 2.55 bits per heavy atom. The van der Waals surface area contributed by atoms with E-state index in [1.807, 2.05) is 35.4 Å². The number of anilines is 2. The maximum atomic E-state index is 12.7. The predicted octanol–water partition coefficient (Wildman–Crippen LogP) is 2.47. The highest BCUT2D eigenvalue weighted by Crippen LogP contribution is 2.27. The molecule has 0 unspecified atom stereocenters. The first-order valence-corrected chi connectivity index (χ1v) is 10.4. The van der Waals surface area contributed by atoms with Gasteiger partial charge in [-0.1, -0.05) is 23.7 Å². The Morgan fingerprint density at radius 1 is 1.06 bits per heavy atom. The lowest BCUT2D eigenvalue weighted by Gasteiger charge is -2.35. The lowest BCUT2D eigenvalue weighted by Crippen LogP contribution is -2.49. The molecule has 0 saturated carbocycles. The van der Waals surface area contributed by atoms with Gasteiger partial charge in [-0.05, 0) is 29.8 Å². The van der Waals surface area contributed by atoms with Crippen LogP contribution in [0.3, 0.4) is 0 Å². The summed E-state index contributed by atoms with van der Waals surface area (Å²) in [6.07, 6.45) is 2.20. The fraction of sp³-hybridized carbons (Fsp3) is 0.238. The van der Waals surface area contributed by atoms with Crippen LogP contribution in [0.4, 0.5) is 11.8 Å². The number of hydrogen-bond acceptors (Lipinski definition) is 6. The third-order valence-corrected chi connectivity index (χ3v) is 5.65. The van der Waals surface area contributed by atoms with Gasteiger partial charge >= 0.3 is 0 Å². The first-order valence-electron chi connectivity index (χ1n) is 10.0. The number of nitrogens with one attached hydrogen (secondary N) is 2. The number of fused-ring (bicyclic) bond motifs is 1. The van der Waals surface area contributed by atoms with Crippen LogP contribution in [-0.4, -0.2) is 61.9 Å². The molecule has 1 fully saturated rings. The average molecular weight is 437 g/mol. The van der Waals surface area contributed by atoms with Crippen LogP contribution in [0.2, 0.25) is 5.02 Å². The Hall–Kier alpha value is -3.59. The number of aromatic amines is 2. The second kappa shape index (κ2) is 7.92. The summed E-state index contributed by atoms with van der Waals surface area (Å²) in [7, 11) is 0. The van der Waals surface area contributed by atoms with Gasteiger partial charge in [0.25, 0.3) is 0 Å². The van der Waals surface area contributed by atoms with Crippen LogP contribution in [-0.2, 0) is 11.2 Å². The number of rotatable bonds is 4. The van der Waals surface area contributed by atoms with Crippen LogP contribution in [0.25, 0.3) is 22.7 Å². The molecule has 0 bridgehead atoms. The molecule has 3 aromatic heterocycles. The molecule has 1 amide bonds. The number of hydrogen-bond donors (Lipinski definition) is 3. The van der Waals surface area contributed by atoms with E-state index < -0.39 is 0 Å². The van der Waals surface area contributed by atoms with Crippen molar-refractivity contribution in [2.24, 2.45) is 0 Å². The number of aromatic nitrogens is 5. The maximum Gasteiger partial charge on any atom is 0.227 e. The lowest BCUT2D eigenvalue weighted by atomic mass is 10.1. The van der Waals surface area contributed by atoms with Crippen molar-refractivity contribution in [3.63, 3.8) is 0 Å². The second-order valence-electron chi connectivity index (χ2n) is 7.44. The first-order chi connectivity index (χ1) is 15.1. The van der Waals surface area contributed by atoms with Crippen LogP contribution in [0, 0.1) is 0 Å². The second-order valence-corrected chi connectivity index (χ2v) is 7.88. The molecular weight excluding hydrogens is 416 g/mol. The Labute approximate surface area is 183 Å². The normalized spacial score (nSPS) is 14.4. The Bertz CT molecular complexity index is 1210. The molecule has 1 aliphatic heterocycles. The molecule has 1 saturated heterocycles. The summed E-state index contributed by atoms with van der Waals surface area (Å²) < 4.78 is 0. The van der Waals surface area contributed by atoms with Crippen molar-refractivity contribution in [2.45, 2.75) is 6.42 Å². The molecule has 1 aromatic carbocycles. The minimum absolute atomic E-state index is 0.102. The zero-order valence-electron chi connectivity index (χ0n) is 16.7. The number of imidazole rings is 1. The number of nitrogen functional groups attached to an aromatic ring is 1. The molecule has 10 heteroatoms. The van der Waals surface area contributed by atoms with Gasteiger partial charge in [-0.2, -0.15) is 9.97 Å². The summed E-state index contributed by atoms with van der Waals surface area (Å²) in [5, 5.41) is 0.665. The number of nitrogens with two attached hydrogens (primary N) is 1. The average Bonchev–Trinajstić information content (AvgIpc) is 3.44.